The van der Waals surface area contributed by atoms with E-state index in [1.165, 1.54) is 0 Å². The largest absolute Gasteiger partial charge is 0.497 e. The lowest BCUT2D eigenvalue weighted by molar-refractivity contribution is -0.129. The molecule has 0 aromatic heterocycles. The normalized spacial score (nSPS) is 14.9. The molecule has 2 aliphatic heterocycles. The van der Waals surface area contributed by atoms with Crippen LogP contribution < -0.4 is 23.7 Å². The maximum atomic E-state index is 12.7. The highest BCUT2D eigenvalue weighted by Gasteiger charge is 2.25. The number of carbonyl (C=O) groups is 2. The highest BCUT2D eigenvalue weighted by atomic mass is 16.7. The Morgan fingerprint density at radius 1 is 1.00 bits per heavy atom. The molecule has 0 aliphatic carbocycles. The summed E-state index contributed by atoms with van der Waals surface area (Å²) in [5, 5.41) is 0. The van der Waals surface area contributed by atoms with Gasteiger partial charge in [0.1, 0.15) is 5.75 Å². The Balaban J connectivity index is 1.37. The Morgan fingerprint density at radius 2 is 1.81 bits per heavy atom. The van der Waals surface area contributed by atoms with E-state index in [2.05, 4.69) is 4.99 Å². The third kappa shape index (κ3) is 4.72. The maximum absolute atomic E-state index is 12.7. The number of cyclic esters (lactones) is 1. The van der Waals surface area contributed by atoms with Crippen molar-refractivity contribution in [2.45, 2.75) is 6.92 Å². The highest BCUT2D eigenvalue weighted by Crippen LogP contribution is 2.34. The van der Waals surface area contributed by atoms with E-state index in [0.29, 0.717) is 46.3 Å². The van der Waals surface area contributed by atoms with E-state index in [0.717, 1.165) is 0 Å². The van der Waals surface area contributed by atoms with E-state index in [-0.39, 0.29) is 24.1 Å². The van der Waals surface area contributed by atoms with Crippen LogP contribution in [-0.2, 0) is 9.53 Å². The van der Waals surface area contributed by atoms with Crippen LogP contribution in [0.5, 0.6) is 28.7 Å². The average Bonchev–Trinajstić information content (AvgIpc) is 3.51. The molecule has 3 aromatic rings. The maximum Gasteiger partial charge on any atom is 0.363 e. The van der Waals surface area contributed by atoms with Crippen LogP contribution in [-0.4, -0.2) is 38.3 Å². The van der Waals surface area contributed by atoms with Gasteiger partial charge in [0.15, 0.2) is 28.7 Å². The van der Waals surface area contributed by atoms with Gasteiger partial charge in [-0.15, -0.1) is 0 Å². The Kier molecular flexibility index (Phi) is 6.27. The minimum atomic E-state index is -0.575. The number of ether oxygens (including phenoxy) is 6. The number of aliphatic imine (C=N–C) groups is 1. The molecule has 0 atom stereocenters. The van der Waals surface area contributed by atoms with Crippen molar-refractivity contribution in [1.29, 1.82) is 0 Å². The minimum Gasteiger partial charge on any atom is -0.497 e. The van der Waals surface area contributed by atoms with Gasteiger partial charge in [0.25, 0.3) is 0 Å². The van der Waals surface area contributed by atoms with Crippen molar-refractivity contribution < 1.29 is 38.0 Å². The summed E-state index contributed by atoms with van der Waals surface area (Å²) in [4.78, 5) is 29.4. The molecule has 36 heavy (non-hydrogen) atoms. The van der Waals surface area contributed by atoms with Gasteiger partial charge in [0.05, 0.1) is 19.3 Å². The summed E-state index contributed by atoms with van der Waals surface area (Å²) in [5.74, 6) is 1.36. The molecule has 0 spiro atoms. The van der Waals surface area contributed by atoms with E-state index in [1.807, 2.05) is 6.92 Å². The lowest BCUT2D eigenvalue weighted by Gasteiger charge is -2.11. The van der Waals surface area contributed by atoms with Gasteiger partial charge < -0.3 is 28.4 Å². The second kappa shape index (κ2) is 9.83. The van der Waals surface area contributed by atoms with Crippen LogP contribution in [0.15, 0.2) is 71.4 Å². The first-order chi connectivity index (χ1) is 17.5. The second-order valence-electron chi connectivity index (χ2n) is 7.66. The molecule has 2 heterocycles. The van der Waals surface area contributed by atoms with Crippen LogP contribution in [0.3, 0.4) is 0 Å². The number of esters is 2. The van der Waals surface area contributed by atoms with Gasteiger partial charge in [-0.05, 0) is 73.2 Å². The molecule has 0 saturated carbocycles. The Hall–Kier alpha value is -4.79. The van der Waals surface area contributed by atoms with Gasteiger partial charge in [-0.25, -0.2) is 14.6 Å². The van der Waals surface area contributed by atoms with Gasteiger partial charge in [-0.2, -0.15) is 0 Å². The smallest absolute Gasteiger partial charge is 0.363 e. The zero-order valence-corrected chi connectivity index (χ0v) is 19.5. The van der Waals surface area contributed by atoms with Crippen molar-refractivity contribution in [2.75, 3.05) is 20.5 Å². The predicted octanol–water partition coefficient (Wildman–Crippen LogP) is 4.39. The summed E-state index contributed by atoms with van der Waals surface area (Å²) in [5.41, 5.74) is 1.71. The third-order valence-electron chi connectivity index (χ3n) is 5.34. The van der Waals surface area contributed by atoms with Crippen molar-refractivity contribution in [1.82, 2.24) is 0 Å². The predicted molar refractivity (Wildman–Crippen MR) is 129 cm³/mol. The monoisotopic (exact) mass is 487 g/mol. The molecular weight excluding hydrogens is 466 g/mol. The fraction of sp³-hybridized carbons (Fsp3) is 0.148. The molecule has 182 valence electrons. The van der Waals surface area contributed by atoms with Crippen molar-refractivity contribution in [3.05, 3.63) is 83.1 Å². The van der Waals surface area contributed by atoms with E-state index in [9.17, 15) is 9.59 Å². The number of fused-ring (bicyclic) bond motifs is 1. The standard InChI is InChI=1S/C27H21NO8/c1-3-32-23-13-16(12-20-27(30)36-25(28-20)17-5-8-19(31-2)9-6-17)4-10-22(23)35-26(29)18-7-11-21-24(14-18)34-15-33-21/h4-14H,3,15H2,1-2H3. The second-order valence-corrected chi connectivity index (χ2v) is 7.66. The van der Waals surface area contributed by atoms with Crippen molar-refractivity contribution in [2.24, 2.45) is 4.99 Å². The van der Waals surface area contributed by atoms with E-state index in [4.69, 9.17) is 28.4 Å². The van der Waals surface area contributed by atoms with Crippen LogP contribution in [0.1, 0.15) is 28.4 Å². The number of hydrogen-bond donors (Lipinski definition) is 0. The molecular formula is C27H21NO8. The van der Waals surface area contributed by atoms with Crippen LogP contribution in [0.4, 0.5) is 0 Å². The first-order valence-corrected chi connectivity index (χ1v) is 11.1. The summed E-state index contributed by atoms with van der Waals surface area (Å²) in [6.45, 7) is 2.27. The molecule has 0 radical (unpaired) electrons. The molecule has 0 saturated heterocycles. The fourth-order valence-electron chi connectivity index (χ4n) is 3.57. The lowest BCUT2D eigenvalue weighted by Crippen LogP contribution is -2.09. The Morgan fingerprint density at radius 3 is 2.58 bits per heavy atom. The van der Waals surface area contributed by atoms with Crippen LogP contribution >= 0.6 is 0 Å². The summed E-state index contributed by atoms with van der Waals surface area (Å²) in [6, 6.07) is 16.8. The van der Waals surface area contributed by atoms with Crippen molar-refractivity contribution >= 4 is 23.9 Å². The molecule has 0 fully saturated rings. The summed E-state index contributed by atoms with van der Waals surface area (Å²) in [6.07, 6.45) is 1.57. The zero-order valence-electron chi connectivity index (χ0n) is 19.5. The molecule has 2 aliphatic rings. The SMILES string of the molecule is CCOc1cc(C=C2N=C(c3ccc(OC)cc3)OC2=O)ccc1OC(=O)c1ccc2c(c1)OCO2. The van der Waals surface area contributed by atoms with Gasteiger partial charge >= 0.3 is 11.9 Å². The molecule has 0 unspecified atom stereocenters. The van der Waals surface area contributed by atoms with Crippen LogP contribution in [0, 0.1) is 0 Å². The number of rotatable bonds is 7. The highest BCUT2D eigenvalue weighted by molar-refractivity contribution is 6.12. The lowest BCUT2D eigenvalue weighted by atomic mass is 10.1. The minimum absolute atomic E-state index is 0.110. The summed E-state index contributed by atoms with van der Waals surface area (Å²) < 4.78 is 32.3. The molecule has 9 heteroatoms. The summed E-state index contributed by atoms with van der Waals surface area (Å²) >= 11 is 0. The van der Waals surface area contributed by atoms with Crippen molar-refractivity contribution in [3.8, 4) is 28.7 Å². The van der Waals surface area contributed by atoms with E-state index in [1.54, 1.807) is 73.8 Å². The topological polar surface area (TPSA) is 102 Å². The van der Waals surface area contributed by atoms with Gasteiger partial charge in [-0.1, -0.05) is 6.07 Å². The summed E-state index contributed by atoms with van der Waals surface area (Å²) in [7, 11) is 1.57. The first-order valence-electron chi connectivity index (χ1n) is 11.1. The molecule has 5 rings (SSSR count). The van der Waals surface area contributed by atoms with Crippen LogP contribution in [0.2, 0.25) is 0 Å². The van der Waals surface area contributed by atoms with Gasteiger partial charge in [-0.3, -0.25) is 0 Å². The molecule has 0 N–H and O–H groups in total. The van der Waals surface area contributed by atoms with Crippen LogP contribution in [0.25, 0.3) is 6.08 Å². The zero-order chi connectivity index (χ0) is 25.1. The number of carbonyl (C=O) groups excluding carboxylic acids is 2. The van der Waals surface area contributed by atoms with E-state index < -0.39 is 11.9 Å². The Bertz CT molecular complexity index is 1390. The first kappa shape index (κ1) is 23.0. The average molecular weight is 487 g/mol. The number of methoxy groups -OCH3 is 1. The van der Waals surface area contributed by atoms with Crippen molar-refractivity contribution in [3.63, 3.8) is 0 Å². The number of nitrogens with zero attached hydrogens (tertiary/aromatic N) is 1. The van der Waals surface area contributed by atoms with Gasteiger partial charge in [0.2, 0.25) is 12.7 Å². The molecule has 0 amide bonds. The van der Waals surface area contributed by atoms with E-state index >= 15 is 0 Å². The molecule has 9 nitrogen and oxygen atoms in total. The fourth-order valence-corrected chi connectivity index (χ4v) is 3.57. The molecule has 0 bridgehead atoms. The Labute approximate surface area is 206 Å². The number of benzene rings is 3. The third-order valence-corrected chi connectivity index (χ3v) is 5.34. The molecule has 3 aromatic carbocycles. The quantitative estimate of drug-likeness (QED) is 0.275. The van der Waals surface area contributed by atoms with Gasteiger partial charge in [0, 0.05) is 5.56 Å². The number of hydrogen-bond acceptors (Lipinski definition) is 9.